The number of unbranched alkanes of at least 4 members (excludes halogenated alkanes) is 10. The topological polar surface area (TPSA) is 962 Å². The first-order valence-electron chi connectivity index (χ1n) is 56.6. The maximum absolute atomic E-state index is 8.41. The molecule has 0 saturated heterocycles. The number of rotatable bonds is 64. The first-order chi connectivity index (χ1) is 70.2. The summed E-state index contributed by atoms with van der Waals surface area (Å²) in [6, 6.07) is 3.34. The van der Waals surface area contributed by atoms with E-state index in [2.05, 4.69) is 59.3 Å². The van der Waals surface area contributed by atoms with Crippen LogP contribution in [0.5, 0.6) is 0 Å². The fourth-order valence-electron chi connectivity index (χ4n) is 12.8. The van der Waals surface area contributed by atoms with Gasteiger partial charge in [-0.25, -0.2) is 0 Å². The monoisotopic (exact) mass is 2110 g/mol. The van der Waals surface area contributed by atoms with Crippen LogP contribution in [0.3, 0.4) is 0 Å². The molecule has 0 radical (unpaired) electrons. The molecule has 0 spiro atoms. The molecule has 4 unspecified atom stereocenters. The van der Waals surface area contributed by atoms with E-state index in [1.54, 1.807) is 0 Å². The molecule has 0 heterocycles. The highest BCUT2D eigenvalue weighted by Gasteiger charge is 2.20. The zero-order valence-electron chi connectivity index (χ0n) is 95.3. The van der Waals surface area contributed by atoms with Crippen LogP contribution in [-0.4, -0.2) is 409 Å². The van der Waals surface area contributed by atoms with Gasteiger partial charge < -0.3 is 244 Å². The van der Waals surface area contributed by atoms with Gasteiger partial charge in [0, 0.05) is 211 Å². The predicted molar refractivity (Wildman–Crippen MR) is 634 cm³/mol. The maximum Gasteiger partial charge on any atom is 0.0701 e. The molecule has 5 rings (SSSR count). The minimum absolute atomic E-state index is 0.208. The Bertz CT molecular complexity index is 1750. The molecule has 45 nitrogen and oxygen atoms in total. The first-order valence-corrected chi connectivity index (χ1v) is 56.6. The summed E-state index contributed by atoms with van der Waals surface area (Å²) in [5.74, 6) is 0. The van der Waals surface area contributed by atoms with Crippen molar-refractivity contribution in [1.29, 1.82) is 0 Å². The van der Waals surface area contributed by atoms with E-state index >= 15 is 0 Å². The molecule has 0 aromatic carbocycles. The molecule has 0 amide bonds. The molecule has 0 bridgehead atoms. The Morgan fingerprint density at radius 2 is 0.483 bits per heavy atom. The summed E-state index contributed by atoms with van der Waals surface area (Å²) in [6.07, 6.45) is 46.0. The fourth-order valence-corrected chi connectivity index (χ4v) is 12.8. The van der Waals surface area contributed by atoms with Gasteiger partial charge >= 0.3 is 0 Å². The summed E-state index contributed by atoms with van der Waals surface area (Å²) < 4.78 is 10.1. The molecule has 5 saturated carbocycles. The van der Waals surface area contributed by atoms with Gasteiger partial charge in [-0.3, -0.25) is 4.90 Å². The summed E-state index contributed by atoms with van der Waals surface area (Å²) in [5.41, 5.74) is 161. The van der Waals surface area contributed by atoms with Gasteiger partial charge in [0.15, 0.2) is 0 Å². The highest BCUT2D eigenvalue weighted by molar-refractivity contribution is 4.82. The van der Waals surface area contributed by atoms with Crippen LogP contribution < -0.4 is 215 Å². The summed E-state index contributed by atoms with van der Waals surface area (Å²) in [6.45, 7) is 37.3. The van der Waals surface area contributed by atoms with Gasteiger partial charge in [-0.2, -0.15) is 0 Å². The normalized spacial score (nSPS) is 18.1. The Labute approximate surface area is 892 Å². The number of likely N-dealkylation sites (N-methyl/N-ethyl adjacent to an activating group) is 1. The van der Waals surface area contributed by atoms with E-state index in [0.29, 0.717) is 123 Å². The SMILES string of the molecule is CCCNCCN.CN(CCN)CCN.CNCCCN.CNCCCNC.NC1CCC(N)CC1.NC1CCCC(N)C1.NC1CCCCC1N.NCCCCCNCCCCCN.NCCCCCNCCN.NCCCCCO.NCCCN.NCCCNCCN.NCCN.NCCN(CCN)CCN.NCCOCCOCCN.N[C@@H]1CCCC[C@@H]1N.N[C@@H]1CCCC[C@H]1N.OCCCCCNCCO. The van der Waals surface area contributed by atoms with Crippen molar-refractivity contribution in [3.8, 4) is 0 Å². The fraction of sp³-hybridized carbons (Fsp3) is 1.00. The number of hydrogen-bond acceptors (Lipinski definition) is 45. The standard InChI is InChI=1S/C10H25N3.C7H19N3.C7H17NO2.C6H18N4.C6H16N2O2.5C6H14N2.2C5H15N3.2C5H14N2.C5H13NO.C4H12N2.C3H10N2.C2H8N2/c11-7-3-1-5-9-13-10-6-2-4-8-12;8-4-2-1-3-6-10-7-5-9;9-6-3-1-2-4-8-5-7-10;7-1-4-10(5-2-8)6-3-9;7-1-3-9-5-6-10-4-2-8;7-5-1-2-6(8)4-3-5;7-5-2-1-3-6(8)4-5;3*7-5-3-1-2-4-6(5)8;1-8(4-2-6)5-3-7;6-2-1-4-8-5-3-7;1-6-4-3-5-7-2;1-2-4-7-5-3-6;6-4-2-1-3-5-7;1-6-4-2-3-5;4-2-1-3-5;3-1-2-4/h13H,1-12H2;10H,1-9H2;8-10H,1-7H2;1-9H2;1-8H2;5*5-6H,1-4,7-8H2;2-7H2,1H3;8H,1-7H2;6-7H,3-5H2,1-2H3;7H,2-6H2,1H3;7H,1-6H2;6H,2-5H2,1H3;1-5H2;1-4H2/t;;;;;;;5-,6+;5-,6-;;;;;;;;;/m........1........./s1. The highest BCUT2D eigenvalue weighted by Crippen LogP contribution is 2.18. The van der Waals surface area contributed by atoms with E-state index in [0.717, 1.165) is 337 Å². The Hall–Kier alpha value is -1.80. The lowest BCUT2D eigenvalue weighted by atomic mass is 9.92. The van der Waals surface area contributed by atoms with E-state index in [9.17, 15) is 0 Å². The van der Waals surface area contributed by atoms with Crippen LogP contribution in [0.25, 0.3) is 0 Å². The molecule has 71 N–H and O–H groups in total. The molecule has 145 heavy (non-hydrogen) atoms. The van der Waals surface area contributed by atoms with Gasteiger partial charge in [-0.05, 0) is 332 Å². The Balaban J connectivity index is -0.000000116. The van der Waals surface area contributed by atoms with Crippen molar-refractivity contribution >= 4 is 0 Å². The molecular weight excluding hydrogens is 1840 g/mol. The molecule has 0 aromatic heterocycles. The molecule has 0 aliphatic heterocycles. The second-order valence-electron chi connectivity index (χ2n) is 36.3. The van der Waals surface area contributed by atoms with Crippen molar-refractivity contribution in [1.82, 2.24) is 52.3 Å². The Morgan fingerprint density at radius 1 is 0.221 bits per heavy atom. The van der Waals surface area contributed by atoms with Crippen LogP contribution in [0.2, 0.25) is 0 Å². The number of nitrogens with two attached hydrogens (primary N) is 30. The van der Waals surface area contributed by atoms with Crippen molar-refractivity contribution in [3.05, 3.63) is 0 Å². The van der Waals surface area contributed by atoms with Crippen molar-refractivity contribution in [2.45, 2.75) is 324 Å². The maximum atomic E-state index is 8.41. The van der Waals surface area contributed by atoms with Crippen molar-refractivity contribution in [2.24, 2.45) is 172 Å². The second kappa shape index (κ2) is 170. The third-order valence-electron chi connectivity index (χ3n) is 21.8. The highest BCUT2D eigenvalue weighted by atomic mass is 16.5. The van der Waals surface area contributed by atoms with E-state index in [4.69, 9.17) is 197 Å². The number of aliphatic hydroxyl groups is 3. The molecule has 45 heteroatoms. The summed E-state index contributed by atoms with van der Waals surface area (Å²) in [7, 11) is 7.88. The van der Waals surface area contributed by atoms with E-state index < -0.39 is 0 Å². The zero-order chi connectivity index (χ0) is 112. The quantitative estimate of drug-likeness (QED) is 0.0252. The minimum Gasteiger partial charge on any atom is -0.396 e. The molecule has 0 aromatic rings. The molecule has 8 atom stereocenters. The van der Waals surface area contributed by atoms with Crippen molar-refractivity contribution < 1.29 is 24.8 Å². The number of nitrogens with zero attached hydrogens (tertiary/aromatic N) is 2. The van der Waals surface area contributed by atoms with Gasteiger partial charge in [-0.1, -0.05) is 71.1 Å². The third-order valence-corrected chi connectivity index (χ3v) is 21.8. The smallest absolute Gasteiger partial charge is 0.0701 e. The molecule has 896 valence electrons. The van der Waals surface area contributed by atoms with Gasteiger partial charge in [-0.15, -0.1) is 0 Å². The minimum atomic E-state index is 0.208. The molecule has 5 fully saturated rings. The van der Waals surface area contributed by atoms with Crippen LogP contribution >= 0.6 is 0 Å². The second-order valence-corrected chi connectivity index (χ2v) is 36.3. The van der Waals surface area contributed by atoms with Gasteiger partial charge in [0.1, 0.15) is 0 Å². The lowest BCUT2D eigenvalue weighted by molar-refractivity contribution is 0.0538. The number of nitrogens with one attached hydrogen (secondary N) is 8. The zero-order valence-corrected chi connectivity index (χ0v) is 95.3. The lowest BCUT2D eigenvalue weighted by Crippen LogP contribution is -2.43. The van der Waals surface area contributed by atoms with Crippen LogP contribution in [-0.2, 0) is 9.47 Å². The first kappa shape index (κ1) is 171. The van der Waals surface area contributed by atoms with Crippen LogP contribution in [0, 0.1) is 0 Å². The molecule has 5 aliphatic carbocycles. The van der Waals surface area contributed by atoms with Crippen LogP contribution in [0.4, 0.5) is 0 Å². The van der Waals surface area contributed by atoms with Crippen LogP contribution in [0.1, 0.15) is 264 Å². The molecule has 5 aliphatic rings. The van der Waals surface area contributed by atoms with Crippen LogP contribution in [0.15, 0.2) is 0 Å². The van der Waals surface area contributed by atoms with E-state index in [1.807, 2.05) is 28.2 Å². The average Bonchev–Trinajstić information content (AvgIpc) is 0.939. The summed E-state index contributed by atoms with van der Waals surface area (Å²) >= 11 is 0. The largest absolute Gasteiger partial charge is 0.396 e. The average molecular weight is 2110 g/mol. The summed E-state index contributed by atoms with van der Waals surface area (Å²) in [5, 5.41) is 50.1. The lowest BCUT2D eigenvalue weighted by Gasteiger charge is -2.24. The number of hydrogen-bond donors (Lipinski definition) is 41. The van der Waals surface area contributed by atoms with Gasteiger partial charge in [0.2, 0.25) is 0 Å². The predicted octanol–water partition coefficient (Wildman–Crippen LogP) is -6.26. The summed E-state index contributed by atoms with van der Waals surface area (Å²) in [4.78, 5) is 4.28. The number of ether oxygens (including phenoxy) is 2. The van der Waals surface area contributed by atoms with Gasteiger partial charge in [0.05, 0.1) is 33.0 Å². The van der Waals surface area contributed by atoms with E-state index in [1.165, 1.54) is 109 Å². The van der Waals surface area contributed by atoms with E-state index in [-0.39, 0.29) is 42.9 Å². The van der Waals surface area contributed by atoms with Gasteiger partial charge in [0.25, 0.3) is 0 Å². The van der Waals surface area contributed by atoms with Crippen molar-refractivity contribution in [2.75, 3.05) is 323 Å². The van der Waals surface area contributed by atoms with Crippen molar-refractivity contribution in [3.63, 3.8) is 0 Å². The molecular formula is C100H266N40O5. The Morgan fingerprint density at radius 3 is 0.703 bits per heavy atom. The third kappa shape index (κ3) is 193. The Kier molecular flexibility index (Phi) is 200. The number of aliphatic hydroxyl groups excluding tert-OH is 3.